The number of hydrogen-bond donors (Lipinski definition) is 1. The Morgan fingerprint density at radius 3 is 2.23 bits per heavy atom. The molecule has 0 radical (unpaired) electrons. The molecule has 0 spiro atoms. The maximum Gasteiger partial charge on any atom is 0.418 e. The van der Waals surface area contributed by atoms with Crippen LogP contribution in [-0.4, -0.2) is 44.5 Å². The van der Waals surface area contributed by atoms with Crippen molar-refractivity contribution in [2.75, 3.05) is 24.7 Å². The number of carbonyl (C=O) groups is 2. The van der Waals surface area contributed by atoms with E-state index in [-0.39, 0.29) is 11.3 Å². The van der Waals surface area contributed by atoms with Crippen LogP contribution in [0.4, 0.5) is 18.9 Å². The Labute approximate surface area is 172 Å². The van der Waals surface area contributed by atoms with E-state index in [9.17, 15) is 31.2 Å². The summed E-state index contributed by atoms with van der Waals surface area (Å²) in [7, 11) is -2.40. The minimum atomic E-state index is -4.64. The minimum absolute atomic E-state index is 0.0880. The lowest BCUT2D eigenvalue weighted by Gasteiger charge is -2.18. The zero-order valence-corrected chi connectivity index (χ0v) is 17.2. The third-order valence-corrected chi connectivity index (χ3v) is 6.01. The largest absolute Gasteiger partial charge is 0.418 e. The number of alkyl halides is 3. The van der Waals surface area contributed by atoms with Crippen LogP contribution in [0.15, 0.2) is 53.4 Å². The van der Waals surface area contributed by atoms with Crippen molar-refractivity contribution in [1.82, 2.24) is 4.90 Å². The molecular weight excluding hydrogens is 421 g/mol. The molecule has 0 saturated heterocycles. The Bertz CT molecular complexity index is 1020. The Morgan fingerprint density at radius 2 is 1.63 bits per heavy atom. The molecule has 6 nitrogen and oxygen atoms in total. The average Bonchev–Trinajstić information content (AvgIpc) is 2.66. The molecule has 2 amide bonds. The van der Waals surface area contributed by atoms with E-state index in [0.29, 0.717) is 0 Å². The minimum Gasteiger partial charge on any atom is -0.336 e. The SMILES string of the molecule is Cc1ccc(S(=O)(=O)CCC(=O)N(C)CC(=O)Nc2ccccc2C(F)(F)F)cc1. The standard InChI is InChI=1S/C20H21F3N2O4S/c1-14-7-9-15(10-8-14)30(28,29)12-11-19(27)25(2)13-18(26)24-17-6-4-3-5-16(17)20(21,22)23/h3-10H,11-13H2,1-2H3,(H,24,26). The van der Waals surface area contributed by atoms with Crippen LogP contribution in [0.1, 0.15) is 17.5 Å². The lowest BCUT2D eigenvalue weighted by Crippen LogP contribution is -2.36. The highest BCUT2D eigenvalue weighted by Crippen LogP contribution is 2.34. The summed E-state index contributed by atoms with van der Waals surface area (Å²) in [6, 6.07) is 10.7. The van der Waals surface area contributed by atoms with Gasteiger partial charge in [0.25, 0.3) is 0 Å². The second-order valence-corrected chi connectivity index (χ2v) is 8.83. The van der Waals surface area contributed by atoms with Crippen molar-refractivity contribution in [2.45, 2.75) is 24.4 Å². The highest BCUT2D eigenvalue weighted by Gasteiger charge is 2.33. The maximum atomic E-state index is 13.0. The molecule has 0 aliphatic heterocycles. The number of aryl methyl sites for hydroxylation is 1. The van der Waals surface area contributed by atoms with Crippen molar-refractivity contribution in [2.24, 2.45) is 0 Å². The summed E-state index contributed by atoms with van der Waals surface area (Å²) in [6.45, 7) is 1.29. The summed E-state index contributed by atoms with van der Waals surface area (Å²) < 4.78 is 63.6. The van der Waals surface area contributed by atoms with Gasteiger partial charge in [0, 0.05) is 13.5 Å². The van der Waals surface area contributed by atoms with Gasteiger partial charge in [-0.1, -0.05) is 29.8 Å². The van der Waals surface area contributed by atoms with E-state index in [1.807, 2.05) is 6.92 Å². The molecule has 0 aromatic heterocycles. The van der Waals surface area contributed by atoms with Crippen molar-refractivity contribution < 1.29 is 31.2 Å². The van der Waals surface area contributed by atoms with Crippen LogP contribution in [0, 0.1) is 6.92 Å². The third-order valence-electron chi connectivity index (χ3n) is 4.28. The summed E-state index contributed by atoms with van der Waals surface area (Å²) in [5, 5.41) is 2.14. The van der Waals surface area contributed by atoms with Crippen molar-refractivity contribution in [3.05, 3.63) is 59.7 Å². The van der Waals surface area contributed by atoms with Crippen molar-refractivity contribution >= 4 is 27.3 Å². The van der Waals surface area contributed by atoms with Crippen molar-refractivity contribution in [1.29, 1.82) is 0 Å². The first-order valence-corrected chi connectivity index (χ1v) is 10.5. The maximum absolute atomic E-state index is 13.0. The molecule has 0 aliphatic carbocycles. The molecule has 30 heavy (non-hydrogen) atoms. The quantitative estimate of drug-likeness (QED) is 0.714. The second kappa shape index (κ2) is 9.29. The van der Waals surface area contributed by atoms with Gasteiger partial charge in [0.15, 0.2) is 9.84 Å². The molecule has 0 bridgehead atoms. The van der Waals surface area contributed by atoms with Crippen LogP contribution in [-0.2, 0) is 25.6 Å². The predicted molar refractivity (Wildman–Crippen MR) is 106 cm³/mol. The molecule has 2 aromatic rings. The highest BCUT2D eigenvalue weighted by atomic mass is 32.2. The van der Waals surface area contributed by atoms with Gasteiger partial charge in [-0.25, -0.2) is 8.42 Å². The molecule has 0 atom stereocenters. The number of para-hydroxylation sites is 1. The van der Waals surface area contributed by atoms with Gasteiger partial charge in [-0.2, -0.15) is 13.2 Å². The molecule has 2 aromatic carbocycles. The fraction of sp³-hybridized carbons (Fsp3) is 0.300. The molecule has 0 aliphatic rings. The molecule has 10 heteroatoms. The Morgan fingerprint density at radius 1 is 1.03 bits per heavy atom. The van der Waals surface area contributed by atoms with Gasteiger partial charge in [-0.15, -0.1) is 0 Å². The molecule has 0 fully saturated rings. The molecule has 0 unspecified atom stereocenters. The lowest BCUT2D eigenvalue weighted by atomic mass is 10.1. The number of halogens is 3. The number of nitrogens with zero attached hydrogens (tertiary/aromatic N) is 1. The Hall–Kier alpha value is -2.88. The predicted octanol–water partition coefficient (Wildman–Crippen LogP) is 3.27. The summed E-state index contributed by atoms with van der Waals surface area (Å²) in [6.07, 6.45) is -5.00. The zero-order chi connectivity index (χ0) is 22.5. The van der Waals surface area contributed by atoms with Crippen LogP contribution in [0.3, 0.4) is 0 Å². The highest BCUT2D eigenvalue weighted by molar-refractivity contribution is 7.91. The zero-order valence-electron chi connectivity index (χ0n) is 16.4. The number of carbonyl (C=O) groups excluding carboxylic acids is 2. The van der Waals surface area contributed by atoms with Gasteiger partial charge in [0.1, 0.15) is 0 Å². The molecule has 2 rings (SSSR count). The fourth-order valence-corrected chi connectivity index (χ4v) is 3.84. The lowest BCUT2D eigenvalue weighted by molar-refractivity contribution is -0.137. The normalized spacial score (nSPS) is 11.8. The number of benzene rings is 2. The van der Waals surface area contributed by atoms with Crippen LogP contribution in [0.25, 0.3) is 0 Å². The number of hydrogen-bond acceptors (Lipinski definition) is 4. The smallest absolute Gasteiger partial charge is 0.336 e. The first kappa shape index (κ1) is 23.4. The first-order valence-electron chi connectivity index (χ1n) is 8.89. The van der Waals surface area contributed by atoms with Gasteiger partial charge in [-0.3, -0.25) is 9.59 Å². The van der Waals surface area contributed by atoms with Crippen molar-refractivity contribution in [3.63, 3.8) is 0 Å². The van der Waals surface area contributed by atoms with Crippen LogP contribution in [0.5, 0.6) is 0 Å². The van der Waals surface area contributed by atoms with E-state index in [4.69, 9.17) is 0 Å². The fourth-order valence-electron chi connectivity index (χ4n) is 2.61. The number of sulfone groups is 1. The average molecular weight is 442 g/mol. The van der Waals surface area contributed by atoms with Gasteiger partial charge < -0.3 is 10.2 Å². The Balaban J connectivity index is 1.94. The monoisotopic (exact) mass is 442 g/mol. The third kappa shape index (κ3) is 6.31. The number of rotatable bonds is 7. The van der Waals surface area contributed by atoms with Crippen molar-refractivity contribution in [3.8, 4) is 0 Å². The summed E-state index contributed by atoms with van der Waals surface area (Å²) >= 11 is 0. The molecular formula is C20H21F3N2O4S. The summed E-state index contributed by atoms with van der Waals surface area (Å²) in [5.74, 6) is -1.90. The molecule has 162 valence electrons. The van der Waals surface area contributed by atoms with Gasteiger partial charge in [0.05, 0.1) is 28.4 Å². The number of amides is 2. The van der Waals surface area contributed by atoms with E-state index in [2.05, 4.69) is 5.32 Å². The number of likely N-dealkylation sites (N-methyl/N-ethyl adjacent to an activating group) is 1. The first-order chi connectivity index (χ1) is 13.9. The van der Waals surface area contributed by atoms with E-state index in [1.165, 1.54) is 31.3 Å². The van der Waals surface area contributed by atoms with E-state index >= 15 is 0 Å². The van der Waals surface area contributed by atoms with Crippen LogP contribution < -0.4 is 5.32 Å². The second-order valence-electron chi connectivity index (χ2n) is 6.72. The van der Waals surface area contributed by atoms with E-state index in [0.717, 1.165) is 22.6 Å². The van der Waals surface area contributed by atoms with Gasteiger partial charge in [0.2, 0.25) is 11.8 Å². The van der Waals surface area contributed by atoms with Gasteiger partial charge in [-0.05, 0) is 31.2 Å². The molecule has 0 heterocycles. The summed E-state index contributed by atoms with van der Waals surface area (Å²) in [4.78, 5) is 25.3. The topological polar surface area (TPSA) is 83.6 Å². The van der Waals surface area contributed by atoms with Gasteiger partial charge >= 0.3 is 6.18 Å². The van der Waals surface area contributed by atoms with E-state index in [1.54, 1.807) is 12.1 Å². The molecule has 1 N–H and O–H groups in total. The van der Waals surface area contributed by atoms with E-state index < -0.39 is 51.4 Å². The summed E-state index contributed by atoms with van der Waals surface area (Å²) in [5.41, 5.74) is -0.530. The Kier molecular flexibility index (Phi) is 7.25. The number of anilines is 1. The number of nitrogens with one attached hydrogen (secondary N) is 1. The van der Waals surface area contributed by atoms with Crippen LogP contribution >= 0.6 is 0 Å². The van der Waals surface area contributed by atoms with Crippen LogP contribution in [0.2, 0.25) is 0 Å². The molecule has 0 saturated carbocycles.